The summed E-state index contributed by atoms with van der Waals surface area (Å²) in [6.07, 6.45) is 11.1. The van der Waals surface area contributed by atoms with Gasteiger partial charge in [0.1, 0.15) is 5.78 Å². The van der Waals surface area contributed by atoms with Crippen LogP contribution in [0.15, 0.2) is 0 Å². The Morgan fingerprint density at radius 1 is 0.938 bits per heavy atom. The van der Waals surface area contributed by atoms with Gasteiger partial charge in [0.05, 0.1) is 0 Å². The monoisotopic (exact) mass is 240 g/mol. The quantitative estimate of drug-likeness (QED) is 0.692. The molecule has 0 aromatic heterocycles. The molecule has 0 atom stereocenters. The van der Waals surface area contributed by atoms with Gasteiger partial charge in [-0.05, 0) is 43.1 Å². The van der Waals surface area contributed by atoms with Crippen LogP contribution in [-0.2, 0) is 4.79 Å². The SMILES string of the molecule is O=C(CC1CCSCC1)C1CCCCCC1. The second-order valence-electron chi connectivity index (χ2n) is 5.41. The lowest BCUT2D eigenvalue weighted by molar-refractivity contribution is -0.124. The molecule has 2 heteroatoms. The van der Waals surface area contributed by atoms with E-state index in [4.69, 9.17) is 0 Å². The van der Waals surface area contributed by atoms with Gasteiger partial charge in [-0.1, -0.05) is 25.7 Å². The molecular formula is C14H24OS. The third-order valence-electron chi connectivity index (χ3n) is 4.14. The smallest absolute Gasteiger partial charge is 0.136 e. The minimum Gasteiger partial charge on any atom is -0.299 e. The molecule has 1 aliphatic carbocycles. The largest absolute Gasteiger partial charge is 0.299 e. The topological polar surface area (TPSA) is 17.1 Å². The van der Waals surface area contributed by atoms with Crippen LogP contribution in [0.25, 0.3) is 0 Å². The minimum atomic E-state index is 0.428. The van der Waals surface area contributed by atoms with E-state index < -0.39 is 0 Å². The van der Waals surface area contributed by atoms with E-state index in [1.165, 1.54) is 62.9 Å². The van der Waals surface area contributed by atoms with Gasteiger partial charge in [0.25, 0.3) is 0 Å². The molecule has 0 aromatic rings. The Labute approximate surface area is 104 Å². The molecule has 2 fully saturated rings. The lowest BCUT2D eigenvalue weighted by Gasteiger charge is -2.22. The van der Waals surface area contributed by atoms with E-state index in [0.29, 0.717) is 11.7 Å². The fraction of sp³-hybridized carbons (Fsp3) is 0.929. The van der Waals surface area contributed by atoms with Crippen LogP contribution in [0.1, 0.15) is 57.8 Å². The Morgan fingerprint density at radius 2 is 1.56 bits per heavy atom. The van der Waals surface area contributed by atoms with Gasteiger partial charge in [-0.15, -0.1) is 0 Å². The van der Waals surface area contributed by atoms with E-state index in [-0.39, 0.29) is 0 Å². The van der Waals surface area contributed by atoms with E-state index in [0.717, 1.165) is 12.3 Å². The Morgan fingerprint density at radius 3 is 2.19 bits per heavy atom. The van der Waals surface area contributed by atoms with Crippen LogP contribution >= 0.6 is 11.8 Å². The molecule has 16 heavy (non-hydrogen) atoms. The number of hydrogen-bond donors (Lipinski definition) is 0. The highest BCUT2D eigenvalue weighted by Crippen LogP contribution is 2.30. The maximum atomic E-state index is 12.2. The maximum absolute atomic E-state index is 12.2. The van der Waals surface area contributed by atoms with Crippen LogP contribution in [-0.4, -0.2) is 17.3 Å². The molecule has 0 radical (unpaired) electrons. The fourth-order valence-electron chi connectivity index (χ4n) is 3.00. The van der Waals surface area contributed by atoms with E-state index in [9.17, 15) is 4.79 Å². The van der Waals surface area contributed by atoms with Crippen LogP contribution < -0.4 is 0 Å². The Balaban J connectivity index is 1.76. The van der Waals surface area contributed by atoms with Crippen LogP contribution in [0.2, 0.25) is 0 Å². The predicted molar refractivity (Wildman–Crippen MR) is 70.9 cm³/mol. The molecule has 1 heterocycles. The maximum Gasteiger partial charge on any atom is 0.136 e. The van der Waals surface area contributed by atoms with Crippen molar-refractivity contribution in [2.75, 3.05) is 11.5 Å². The summed E-state index contributed by atoms with van der Waals surface area (Å²) in [5.41, 5.74) is 0. The number of Topliss-reactive ketones (excluding diaryl/α,β-unsaturated/α-hetero) is 1. The molecule has 2 aliphatic rings. The fourth-order valence-corrected chi connectivity index (χ4v) is 4.21. The summed E-state index contributed by atoms with van der Waals surface area (Å²) >= 11 is 2.05. The molecular weight excluding hydrogens is 216 g/mol. The average Bonchev–Trinajstić information content (AvgIpc) is 2.59. The van der Waals surface area contributed by atoms with E-state index in [1.54, 1.807) is 0 Å². The van der Waals surface area contributed by atoms with Gasteiger partial charge in [0.2, 0.25) is 0 Å². The highest BCUT2D eigenvalue weighted by Gasteiger charge is 2.24. The summed E-state index contributed by atoms with van der Waals surface area (Å²) in [7, 11) is 0. The van der Waals surface area contributed by atoms with Crippen molar-refractivity contribution in [3.05, 3.63) is 0 Å². The van der Waals surface area contributed by atoms with Crippen molar-refractivity contribution in [3.8, 4) is 0 Å². The zero-order valence-corrected chi connectivity index (χ0v) is 11.1. The number of carbonyl (C=O) groups excluding carboxylic acids is 1. The zero-order chi connectivity index (χ0) is 11.2. The molecule has 1 saturated heterocycles. The molecule has 0 bridgehead atoms. The molecule has 0 amide bonds. The normalized spacial score (nSPS) is 25.2. The molecule has 1 nitrogen and oxygen atoms in total. The highest BCUT2D eigenvalue weighted by molar-refractivity contribution is 7.99. The van der Waals surface area contributed by atoms with Crippen molar-refractivity contribution in [3.63, 3.8) is 0 Å². The van der Waals surface area contributed by atoms with Gasteiger partial charge in [-0.3, -0.25) is 4.79 Å². The second kappa shape index (κ2) is 6.68. The molecule has 0 aromatic carbocycles. The molecule has 92 valence electrons. The summed E-state index contributed by atoms with van der Waals surface area (Å²) in [5.74, 6) is 4.30. The third-order valence-corrected chi connectivity index (χ3v) is 5.19. The summed E-state index contributed by atoms with van der Waals surface area (Å²) in [6, 6.07) is 0. The van der Waals surface area contributed by atoms with Crippen LogP contribution in [0, 0.1) is 11.8 Å². The Hall–Kier alpha value is 0.0200. The number of rotatable bonds is 3. The van der Waals surface area contributed by atoms with Crippen LogP contribution in [0.4, 0.5) is 0 Å². The predicted octanol–water partition coefficient (Wildman–Crippen LogP) is 4.06. The molecule has 1 saturated carbocycles. The summed E-state index contributed by atoms with van der Waals surface area (Å²) in [4.78, 5) is 12.2. The molecule has 2 rings (SSSR count). The van der Waals surface area contributed by atoms with Gasteiger partial charge in [0.15, 0.2) is 0 Å². The third kappa shape index (κ3) is 3.80. The lowest BCUT2D eigenvalue weighted by atomic mass is 9.87. The summed E-state index contributed by atoms with van der Waals surface area (Å²) in [5, 5.41) is 0. The first kappa shape index (κ1) is 12.5. The number of ketones is 1. The van der Waals surface area contributed by atoms with Crippen molar-refractivity contribution in [2.45, 2.75) is 57.8 Å². The van der Waals surface area contributed by atoms with Gasteiger partial charge < -0.3 is 0 Å². The van der Waals surface area contributed by atoms with Crippen LogP contribution in [0.3, 0.4) is 0 Å². The van der Waals surface area contributed by atoms with E-state index in [2.05, 4.69) is 11.8 Å². The number of hydrogen-bond acceptors (Lipinski definition) is 2. The molecule has 0 N–H and O–H groups in total. The summed E-state index contributed by atoms with van der Waals surface area (Å²) in [6.45, 7) is 0. The number of carbonyl (C=O) groups is 1. The van der Waals surface area contributed by atoms with E-state index >= 15 is 0 Å². The first-order chi connectivity index (χ1) is 7.86. The van der Waals surface area contributed by atoms with Gasteiger partial charge in [0, 0.05) is 12.3 Å². The molecule has 1 aliphatic heterocycles. The van der Waals surface area contributed by atoms with Gasteiger partial charge >= 0.3 is 0 Å². The van der Waals surface area contributed by atoms with Crippen molar-refractivity contribution in [1.82, 2.24) is 0 Å². The van der Waals surface area contributed by atoms with Crippen molar-refractivity contribution in [2.24, 2.45) is 11.8 Å². The lowest BCUT2D eigenvalue weighted by Crippen LogP contribution is -2.20. The Bertz CT molecular complexity index is 213. The zero-order valence-electron chi connectivity index (χ0n) is 10.2. The molecule has 0 unspecified atom stereocenters. The van der Waals surface area contributed by atoms with E-state index in [1.807, 2.05) is 0 Å². The first-order valence-electron chi connectivity index (χ1n) is 6.96. The average molecular weight is 240 g/mol. The van der Waals surface area contributed by atoms with Crippen molar-refractivity contribution < 1.29 is 4.79 Å². The van der Waals surface area contributed by atoms with Gasteiger partial charge in [-0.2, -0.15) is 11.8 Å². The second-order valence-corrected chi connectivity index (χ2v) is 6.64. The highest BCUT2D eigenvalue weighted by atomic mass is 32.2. The Kier molecular flexibility index (Phi) is 5.21. The van der Waals surface area contributed by atoms with Crippen molar-refractivity contribution in [1.29, 1.82) is 0 Å². The van der Waals surface area contributed by atoms with Gasteiger partial charge in [-0.25, -0.2) is 0 Å². The standard InChI is InChI=1S/C14H24OS/c15-14(11-12-7-9-16-10-8-12)13-5-3-1-2-4-6-13/h12-13H,1-11H2. The summed E-state index contributed by atoms with van der Waals surface area (Å²) < 4.78 is 0. The number of thioether (sulfide) groups is 1. The molecule has 0 spiro atoms. The minimum absolute atomic E-state index is 0.428. The first-order valence-corrected chi connectivity index (χ1v) is 8.12. The van der Waals surface area contributed by atoms with Crippen LogP contribution in [0.5, 0.6) is 0 Å². The van der Waals surface area contributed by atoms with Crippen molar-refractivity contribution >= 4 is 17.5 Å².